The summed E-state index contributed by atoms with van der Waals surface area (Å²) in [5.41, 5.74) is 0.961. The van der Waals surface area contributed by atoms with Crippen molar-refractivity contribution in [2.75, 3.05) is 5.75 Å². The number of hydrogen-bond acceptors (Lipinski definition) is 2. The first kappa shape index (κ1) is 15.9. The molecule has 1 atom stereocenters. The Morgan fingerprint density at radius 3 is 2.67 bits per heavy atom. The molecule has 110 valence electrons. The summed E-state index contributed by atoms with van der Waals surface area (Å²) in [6.45, 7) is 1.91. The number of halogens is 2. The third-order valence-corrected chi connectivity index (χ3v) is 4.16. The summed E-state index contributed by atoms with van der Waals surface area (Å²) in [5, 5.41) is 3.56. The lowest BCUT2D eigenvalue weighted by Gasteiger charge is -2.14. The highest BCUT2D eigenvalue weighted by atomic mass is 35.5. The van der Waals surface area contributed by atoms with Crippen LogP contribution in [0.25, 0.3) is 0 Å². The van der Waals surface area contributed by atoms with E-state index >= 15 is 0 Å². The van der Waals surface area contributed by atoms with Gasteiger partial charge in [0.05, 0.1) is 11.8 Å². The summed E-state index contributed by atoms with van der Waals surface area (Å²) < 4.78 is 12.8. The van der Waals surface area contributed by atoms with Crippen molar-refractivity contribution in [2.24, 2.45) is 0 Å². The van der Waals surface area contributed by atoms with Crippen LogP contribution in [0, 0.1) is 5.82 Å². The zero-order valence-electron chi connectivity index (χ0n) is 11.5. The third kappa shape index (κ3) is 5.06. The Morgan fingerprint density at radius 2 is 2.00 bits per heavy atom. The van der Waals surface area contributed by atoms with E-state index in [1.807, 2.05) is 25.1 Å². The highest BCUT2D eigenvalue weighted by Crippen LogP contribution is 2.20. The van der Waals surface area contributed by atoms with Crippen molar-refractivity contribution in [1.29, 1.82) is 0 Å². The van der Waals surface area contributed by atoms with Crippen LogP contribution in [0.3, 0.4) is 0 Å². The second kappa shape index (κ2) is 7.48. The second-order valence-corrected chi connectivity index (χ2v) is 6.07. The number of nitrogens with one attached hydrogen (secondary N) is 1. The molecule has 0 aliphatic rings. The van der Waals surface area contributed by atoms with Crippen LogP contribution in [0.1, 0.15) is 18.5 Å². The van der Waals surface area contributed by atoms with Gasteiger partial charge in [0.1, 0.15) is 5.82 Å². The average molecular weight is 324 g/mol. The van der Waals surface area contributed by atoms with Gasteiger partial charge >= 0.3 is 0 Å². The van der Waals surface area contributed by atoms with E-state index in [1.165, 1.54) is 23.9 Å². The van der Waals surface area contributed by atoms with Crippen molar-refractivity contribution >= 4 is 29.3 Å². The zero-order valence-corrected chi connectivity index (χ0v) is 13.0. The molecular formula is C16H15ClFNOS. The third-order valence-electron chi connectivity index (χ3n) is 2.91. The lowest BCUT2D eigenvalue weighted by molar-refractivity contribution is -0.119. The molecule has 5 heteroatoms. The maximum absolute atomic E-state index is 12.8. The molecule has 1 N–H and O–H groups in total. The van der Waals surface area contributed by atoms with Crippen LogP contribution in [-0.2, 0) is 4.79 Å². The zero-order chi connectivity index (χ0) is 15.2. The summed E-state index contributed by atoms with van der Waals surface area (Å²) in [7, 11) is 0. The van der Waals surface area contributed by atoms with Crippen molar-refractivity contribution < 1.29 is 9.18 Å². The molecule has 2 aromatic rings. The average Bonchev–Trinajstić information content (AvgIpc) is 2.46. The molecular weight excluding hydrogens is 309 g/mol. The van der Waals surface area contributed by atoms with Crippen LogP contribution < -0.4 is 5.32 Å². The van der Waals surface area contributed by atoms with Crippen LogP contribution in [0.4, 0.5) is 4.39 Å². The Balaban J connectivity index is 1.85. The highest BCUT2D eigenvalue weighted by molar-refractivity contribution is 8.00. The van der Waals surface area contributed by atoms with Gasteiger partial charge < -0.3 is 5.32 Å². The molecule has 0 unspecified atom stereocenters. The Kier molecular flexibility index (Phi) is 5.65. The molecule has 0 spiro atoms. The largest absolute Gasteiger partial charge is 0.349 e. The van der Waals surface area contributed by atoms with E-state index in [0.29, 0.717) is 5.02 Å². The minimum Gasteiger partial charge on any atom is -0.349 e. The summed E-state index contributed by atoms with van der Waals surface area (Å²) in [4.78, 5) is 12.8. The number of rotatable bonds is 5. The maximum atomic E-state index is 12.8. The first-order valence-electron chi connectivity index (χ1n) is 6.48. The van der Waals surface area contributed by atoms with Gasteiger partial charge in [-0.25, -0.2) is 4.39 Å². The van der Waals surface area contributed by atoms with Crippen LogP contribution in [0.2, 0.25) is 5.02 Å². The quantitative estimate of drug-likeness (QED) is 0.824. The Bertz CT molecular complexity index is 618. The van der Waals surface area contributed by atoms with Gasteiger partial charge in [0.15, 0.2) is 0 Å². The van der Waals surface area contributed by atoms with E-state index in [0.717, 1.165) is 10.5 Å². The summed E-state index contributed by atoms with van der Waals surface area (Å²) in [5.74, 6) is -0.0635. The van der Waals surface area contributed by atoms with Crippen molar-refractivity contribution in [3.63, 3.8) is 0 Å². The number of benzene rings is 2. The highest BCUT2D eigenvalue weighted by Gasteiger charge is 2.10. The fraction of sp³-hybridized carbons (Fsp3) is 0.188. The van der Waals surface area contributed by atoms with Gasteiger partial charge in [-0.2, -0.15) is 0 Å². The minimum absolute atomic E-state index is 0.0724. The number of carbonyl (C=O) groups is 1. The molecule has 2 rings (SSSR count). The predicted octanol–water partition coefficient (Wildman–Crippen LogP) is 4.45. The van der Waals surface area contributed by atoms with E-state index in [-0.39, 0.29) is 23.5 Å². The lowest BCUT2D eigenvalue weighted by Crippen LogP contribution is -2.28. The number of thioether (sulfide) groups is 1. The molecule has 0 aliphatic heterocycles. The SMILES string of the molecule is C[C@H](NC(=O)CSc1ccc(F)cc1)c1cccc(Cl)c1. The van der Waals surface area contributed by atoms with Crippen LogP contribution in [0.5, 0.6) is 0 Å². The van der Waals surface area contributed by atoms with Gasteiger partial charge in [-0.1, -0.05) is 23.7 Å². The molecule has 0 fully saturated rings. The molecule has 21 heavy (non-hydrogen) atoms. The molecule has 0 aromatic heterocycles. The molecule has 1 amide bonds. The van der Waals surface area contributed by atoms with E-state index in [4.69, 9.17) is 11.6 Å². The van der Waals surface area contributed by atoms with Gasteiger partial charge in [0.2, 0.25) is 5.91 Å². The number of hydrogen-bond donors (Lipinski definition) is 1. The molecule has 0 heterocycles. The smallest absolute Gasteiger partial charge is 0.230 e. The van der Waals surface area contributed by atoms with Crippen LogP contribution in [-0.4, -0.2) is 11.7 Å². The Labute approximate surface area is 132 Å². The van der Waals surface area contributed by atoms with Crippen molar-refractivity contribution in [2.45, 2.75) is 17.9 Å². The van der Waals surface area contributed by atoms with Gasteiger partial charge in [-0.15, -0.1) is 11.8 Å². The molecule has 2 nitrogen and oxygen atoms in total. The van der Waals surface area contributed by atoms with Crippen LogP contribution in [0.15, 0.2) is 53.4 Å². The maximum Gasteiger partial charge on any atom is 0.230 e. The number of carbonyl (C=O) groups excluding carboxylic acids is 1. The van der Waals surface area contributed by atoms with Crippen molar-refractivity contribution in [1.82, 2.24) is 5.32 Å². The van der Waals surface area contributed by atoms with Gasteiger partial charge in [0, 0.05) is 9.92 Å². The standard InChI is InChI=1S/C16H15ClFNOS/c1-11(12-3-2-4-13(17)9-12)19-16(20)10-21-15-7-5-14(18)6-8-15/h2-9,11H,10H2,1H3,(H,19,20)/t11-/m0/s1. The molecule has 0 aliphatic carbocycles. The van der Waals surface area contributed by atoms with E-state index in [1.54, 1.807) is 18.2 Å². The molecule has 0 radical (unpaired) electrons. The van der Waals surface area contributed by atoms with Crippen LogP contribution >= 0.6 is 23.4 Å². The number of amides is 1. The first-order chi connectivity index (χ1) is 10.0. The second-order valence-electron chi connectivity index (χ2n) is 4.59. The lowest BCUT2D eigenvalue weighted by atomic mass is 10.1. The fourth-order valence-corrected chi connectivity index (χ4v) is 2.73. The van der Waals surface area contributed by atoms with Crippen molar-refractivity contribution in [3.8, 4) is 0 Å². The van der Waals surface area contributed by atoms with E-state index in [2.05, 4.69) is 5.32 Å². The minimum atomic E-state index is -0.279. The monoisotopic (exact) mass is 323 g/mol. The molecule has 0 bridgehead atoms. The van der Waals surface area contributed by atoms with E-state index in [9.17, 15) is 9.18 Å². The normalized spacial score (nSPS) is 12.0. The Hall–Kier alpha value is -1.52. The predicted molar refractivity (Wildman–Crippen MR) is 85.1 cm³/mol. The molecule has 2 aromatic carbocycles. The summed E-state index contributed by atoms with van der Waals surface area (Å²) in [6.07, 6.45) is 0. The first-order valence-corrected chi connectivity index (χ1v) is 7.84. The van der Waals surface area contributed by atoms with Crippen molar-refractivity contribution in [3.05, 3.63) is 64.9 Å². The summed E-state index contributed by atoms with van der Waals surface area (Å²) >= 11 is 7.30. The van der Waals surface area contributed by atoms with E-state index < -0.39 is 0 Å². The van der Waals surface area contributed by atoms with Gasteiger partial charge in [0.25, 0.3) is 0 Å². The topological polar surface area (TPSA) is 29.1 Å². The molecule has 0 saturated heterocycles. The van der Waals surface area contributed by atoms with Gasteiger partial charge in [-0.05, 0) is 48.9 Å². The van der Waals surface area contributed by atoms with Gasteiger partial charge in [-0.3, -0.25) is 4.79 Å². The summed E-state index contributed by atoms with van der Waals surface area (Å²) in [6, 6.07) is 13.4. The Morgan fingerprint density at radius 1 is 1.29 bits per heavy atom. The fourth-order valence-electron chi connectivity index (χ4n) is 1.82. The molecule has 0 saturated carbocycles.